The second-order valence-electron chi connectivity index (χ2n) is 6.72. The van der Waals surface area contributed by atoms with Crippen molar-refractivity contribution in [2.45, 2.75) is 19.8 Å². The van der Waals surface area contributed by atoms with Crippen molar-refractivity contribution in [3.05, 3.63) is 90.5 Å². The number of rotatable bonds is 3. The Kier molecular flexibility index (Phi) is 4.07. The van der Waals surface area contributed by atoms with E-state index in [1.807, 2.05) is 6.07 Å². The Labute approximate surface area is 149 Å². The van der Waals surface area contributed by atoms with Gasteiger partial charge in [-0.3, -0.25) is 0 Å². The van der Waals surface area contributed by atoms with E-state index >= 15 is 0 Å². The number of nitrogens with zero attached hydrogens (tertiary/aromatic N) is 1. The maximum Gasteiger partial charge on any atom is 0.0718 e. The smallest absolute Gasteiger partial charge is 0.0718 e. The Bertz CT molecular complexity index is 1010. The third-order valence-corrected chi connectivity index (χ3v) is 4.65. The molecule has 0 N–H and O–H groups in total. The van der Waals surface area contributed by atoms with Gasteiger partial charge in [-0.2, -0.15) is 0 Å². The van der Waals surface area contributed by atoms with Crippen LogP contribution in [0.25, 0.3) is 33.3 Å². The number of hydrogen-bond acceptors (Lipinski definition) is 1. The maximum atomic E-state index is 5.01. The van der Waals surface area contributed by atoms with E-state index in [1.165, 1.54) is 21.9 Å². The van der Waals surface area contributed by atoms with Gasteiger partial charge in [-0.25, -0.2) is 4.98 Å². The number of hydrogen-bond donors (Lipinski definition) is 0. The number of fused-ring (bicyclic) bond motifs is 1. The van der Waals surface area contributed by atoms with E-state index in [0.717, 1.165) is 17.0 Å². The third kappa shape index (κ3) is 3.06. The summed E-state index contributed by atoms with van der Waals surface area (Å²) in [6.45, 7) is 4.47. The topological polar surface area (TPSA) is 12.9 Å². The molecule has 0 radical (unpaired) electrons. The first-order chi connectivity index (χ1) is 12.2. The van der Waals surface area contributed by atoms with E-state index in [4.69, 9.17) is 4.98 Å². The van der Waals surface area contributed by atoms with E-state index < -0.39 is 0 Å². The Balaban J connectivity index is 1.96. The summed E-state index contributed by atoms with van der Waals surface area (Å²) in [7, 11) is 0. The highest BCUT2D eigenvalue weighted by atomic mass is 14.7. The van der Waals surface area contributed by atoms with Crippen LogP contribution in [-0.2, 0) is 0 Å². The van der Waals surface area contributed by atoms with Gasteiger partial charge in [-0.05, 0) is 34.4 Å². The average molecular weight is 323 g/mol. The monoisotopic (exact) mass is 323 g/mol. The largest absolute Gasteiger partial charge is 0.248 e. The molecule has 0 amide bonds. The van der Waals surface area contributed by atoms with Crippen LogP contribution >= 0.6 is 0 Å². The third-order valence-electron chi connectivity index (χ3n) is 4.65. The Morgan fingerprint density at radius 3 is 2.16 bits per heavy atom. The summed E-state index contributed by atoms with van der Waals surface area (Å²) in [6, 6.07) is 29.8. The van der Waals surface area contributed by atoms with Crippen LogP contribution in [0.1, 0.15) is 25.3 Å². The van der Waals surface area contributed by atoms with Crippen molar-refractivity contribution < 1.29 is 0 Å². The molecule has 0 bridgehead atoms. The highest BCUT2D eigenvalue weighted by molar-refractivity contribution is 5.96. The Morgan fingerprint density at radius 2 is 1.36 bits per heavy atom. The normalized spacial score (nSPS) is 11.2. The molecule has 1 nitrogen and oxygen atoms in total. The standard InChI is InChI=1S/C24H21N/c1-17(2)20-15-23(19-10-4-3-5-11-19)25-24(16-20)22-14-8-12-18-9-6-7-13-21(18)22/h3-17H,1-2H3. The minimum absolute atomic E-state index is 0.458. The molecule has 0 unspecified atom stereocenters. The van der Waals surface area contributed by atoms with Crippen LogP contribution in [-0.4, -0.2) is 4.98 Å². The molecule has 0 fully saturated rings. The first kappa shape index (κ1) is 15.6. The molecule has 0 spiro atoms. The highest BCUT2D eigenvalue weighted by Gasteiger charge is 2.11. The van der Waals surface area contributed by atoms with E-state index in [-0.39, 0.29) is 0 Å². The molecular formula is C24H21N. The quantitative estimate of drug-likeness (QED) is 0.409. The van der Waals surface area contributed by atoms with E-state index in [9.17, 15) is 0 Å². The minimum atomic E-state index is 0.458. The molecule has 0 atom stereocenters. The van der Waals surface area contributed by atoms with Crippen LogP contribution < -0.4 is 0 Å². The van der Waals surface area contributed by atoms with Gasteiger partial charge in [0.05, 0.1) is 11.4 Å². The van der Waals surface area contributed by atoms with Crippen molar-refractivity contribution in [2.24, 2.45) is 0 Å². The van der Waals surface area contributed by atoms with E-state index in [2.05, 4.69) is 92.7 Å². The van der Waals surface area contributed by atoms with Crippen molar-refractivity contribution in [3.8, 4) is 22.5 Å². The van der Waals surface area contributed by atoms with Gasteiger partial charge >= 0.3 is 0 Å². The molecule has 4 aromatic rings. The summed E-state index contributed by atoms with van der Waals surface area (Å²) >= 11 is 0. The van der Waals surface area contributed by atoms with Gasteiger partial charge in [0, 0.05) is 11.1 Å². The van der Waals surface area contributed by atoms with Crippen LogP contribution in [0.4, 0.5) is 0 Å². The summed E-state index contributed by atoms with van der Waals surface area (Å²) in [5, 5.41) is 2.50. The molecular weight excluding hydrogens is 302 g/mol. The molecule has 1 heterocycles. The predicted octanol–water partition coefficient (Wildman–Crippen LogP) is 6.69. The zero-order chi connectivity index (χ0) is 17.2. The molecule has 1 aromatic heterocycles. The molecule has 122 valence electrons. The van der Waals surface area contributed by atoms with Crippen LogP contribution in [0.3, 0.4) is 0 Å². The molecule has 3 aromatic carbocycles. The van der Waals surface area contributed by atoms with Crippen molar-refractivity contribution in [2.75, 3.05) is 0 Å². The number of aromatic nitrogens is 1. The average Bonchev–Trinajstić information content (AvgIpc) is 2.68. The van der Waals surface area contributed by atoms with Gasteiger partial charge < -0.3 is 0 Å². The molecule has 0 saturated carbocycles. The lowest BCUT2D eigenvalue weighted by molar-refractivity contribution is 0.864. The van der Waals surface area contributed by atoms with Crippen LogP contribution in [0.2, 0.25) is 0 Å². The van der Waals surface area contributed by atoms with E-state index in [0.29, 0.717) is 5.92 Å². The fourth-order valence-corrected chi connectivity index (χ4v) is 3.23. The molecule has 4 rings (SSSR count). The second kappa shape index (κ2) is 6.52. The fraction of sp³-hybridized carbons (Fsp3) is 0.125. The van der Waals surface area contributed by atoms with Gasteiger partial charge in [0.2, 0.25) is 0 Å². The van der Waals surface area contributed by atoms with Gasteiger partial charge in [0.25, 0.3) is 0 Å². The lowest BCUT2D eigenvalue weighted by Crippen LogP contribution is -1.95. The minimum Gasteiger partial charge on any atom is -0.248 e. The lowest BCUT2D eigenvalue weighted by Gasteiger charge is -2.13. The Morgan fingerprint density at radius 1 is 0.680 bits per heavy atom. The molecule has 25 heavy (non-hydrogen) atoms. The zero-order valence-corrected chi connectivity index (χ0v) is 14.6. The summed E-state index contributed by atoms with van der Waals surface area (Å²) in [5.41, 5.74) is 5.75. The maximum absolute atomic E-state index is 5.01. The first-order valence-corrected chi connectivity index (χ1v) is 8.78. The Hall–Kier alpha value is -2.93. The zero-order valence-electron chi connectivity index (χ0n) is 14.6. The van der Waals surface area contributed by atoms with Crippen molar-refractivity contribution in [3.63, 3.8) is 0 Å². The summed E-state index contributed by atoms with van der Waals surface area (Å²) in [4.78, 5) is 5.01. The van der Waals surface area contributed by atoms with Gasteiger partial charge in [0.15, 0.2) is 0 Å². The highest BCUT2D eigenvalue weighted by Crippen LogP contribution is 2.32. The molecule has 0 saturated heterocycles. The van der Waals surface area contributed by atoms with Crippen LogP contribution in [0.5, 0.6) is 0 Å². The predicted molar refractivity (Wildman–Crippen MR) is 107 cm³/mol. The second-order valence-corrected chi connectivity index (χ2v) is 6.72. The van der Waals surface area contributed by atoms with Gasteiger partial charge in [0.1, 0.15) is 0 Å². The number of benzene rings is 3. The molecule has 1 heteroatoms. The summed E-state index contributed by atoms with van der Waals surface area (Å²) in [6.07, 6.45) is 0. The van der Waals surface area contributed by atoms with Crippen LogP contribution in [0, 0.1) is 0 Å². The SMILES string of the molecule is CC(C)c1cc(-c2ccccc2)nc(-c2cccc3ccccc23)c1. The fourth-order valence-electron chi connectivity index (χ4n) is 3.23. The number of pyridine rings is 1. The first-order valence-electron chi connectivity index (χ1n) is 8.78. The molecule has 0 aliphatic carbocycles. The van der Waals surface area contributed by atoms with Crippen molar-refractivity contribution in [1.29, 1.82) is 0 Å². The molecule has 0 aliphatic heterocycles. The van der Waals surface area contributed by atoms with Gasteiger partial charge in [-0.15, -0.1) is 0 Å². The van der Waals surface area contributed by atoms with E-state index in [1.54, 1.807) is 0 Å². The molecule has 0 aliphatic rings. The van der Waals surface area contributed by atoms with Gasteiger partial charge in [-0.1, -0.05) is 86.6 Å². The van der Waals surface area contributed by atoms with Crippen LogP contribution in [0.15, 0.2) is 84.9 Å². The summed E-state index contributed by atoms with van der Waals surface area (Å²) in [5.74, 6) is 0.458. The summed E-state index contributed by atoms with van der Waals surface area (Å²) < 4.78 is 0. The van der Waals surface area contributed by atoms with Crippen molar-refractivity contribution in [1.82, 2.24) is 4.98 Å². The lowest BCUT2D eigenvalue weighted by atomic mass is 9.96. The van der Waals surface area contributed by atoms with Crippen molar-refractivity contribution >= 4 is 10.8 Å².